The minimum atomic E-state index is -0.380. The average molecular weight is 294 g/mol. The van der Waals surface area contributed by atoms with Crippen LogP contribution in [-0.2, 0) is 0 Å². The summed E-state index contributed by atoms with van der Waals surface area (Å²) in [6.45, 7) is 2.00. The quantitative estimate of drug-likeness (QED) is 0.768. The molecular weight excluding hydrogens is 279 g/mol. The second-order valence-electron chi connectivity index (χ2n) is 4.98. The highest BCUT2D eigenvalue weighted by Gasteiger charge is 2.10. The molecule has 1 aromatic heterocycles. The third kappa shape index (κ3) is 3.03. The SMILES string of the molecule is Cc1cccc(Nc2cc(N)nc(-c3ccccc3F)n2)c1. The van der Waals surface area contributed by atoms with Gasteiger partial charge in [-0.05, 0) is 36.8 Å². The Morgan fingerprint density at radius 2 is 1.82 bits per heavy atom. The Balaban J connectivity index is 1.98. The first-order valence-electron chi connectivity index (χ1n) is 6.85. The zero-order valence-electron chi connectivity index (χ0n) is 12.0. The van der Waals surface area contributed by atoms with Crippen LogP contribution in [0.1, 0.15) is 5.56 Å². The fourth-order valence-electron chi connectivity index (χ4n) is 2.16. The Kier molecular flexibility index (Phi) is 3.70. The molecule has 0 atom stereocenters. The molecule has 0 unspecified atom stereocenters. The Hall–Kier alpha value is -2.95. The number of rotatable bonds is 3. The normalized spacial score (nSPS) is 10.5. The van der Waals surface area contributed by atoms with Gasteiger partial charge in [-0.2, -0.15) is 0 Å². The van der Waals surface area contributed by atoms with Gasteiger partial charge in [0.25, 0.3) is 0 Å². The van der Waals surface area contributed by atoms with Crippen molar-refractivity contribution in [2.75, 3.05) is 11.1 Å². The lowest BCUT2D eigenvalue weighted by molar-refractivity contribution is 0.630. The molecule has 0 spiro atoms. The molecule has 3 aromatic rings. The van der Waals surface area contributed by atoms with Gasteiger partial charge in [-0.15, -0.1) is 0 Å². The number of hydrogen-bond donors (Lipinski definition) is 2. The van der Waals surface area contributed by atoms with Gasteiger partial charge in [0.1, 0.15) is 17.5 Å². The van der Waals surface area contributed by atoms with Crippen LogP contribution in [-0.4, -0.2) is 9.97 Å². The maximum Gasteiger partial charge on any atom is 0.166 e. The predicted octanol–water partition coefficient (Wildman–Crippen LogP) is 3.92. The summed E-state index contributed by atoms with van der Waals surface area (Å²) in [5.41, 5.74) is 8.15. The molecule has 0 aliphatic carbocycles. The van der Waals surface area contributed by atoms with Crippen molar-refractivity contribution in [3.63, 3.8) is 0 Å². The fourth-order valence-corrected chi connectivity index (χ4v) is 2.16. The van der Waals surface area contributed by atoms with Crippen molar-refractivity contribution in [2.24, 2.45) is 0 Å². The summed E-state index contributed by atoms with van der Waals surface area (Å²) >= 11 is 0. The van der Waals surface area contributed by atoms with Crippen molar-refractivity contribution in [2.45, 2.75) is 6.92 Å². The van der Waals surface area contributed by atoms with Crippen molar-refractivity contribution in [3.8, 4) is 11.4 Å². The van der Waals surface area contributed by atoms with E-state index in [-0.39, 0.29) is 17.5 Å². The van der Waals surface area contributed by atoms with E-state index in [2.05, 4.69) is 15.3 Å². The van der Waals surface area contributed by atoms with E-state index in [0.29, 0.717) is 11.4 Å². The topological polar surface area (TPSA) is 63.8 Å². The summed E-state index contributed by atoms with van der Waals surface area (Å²) in [5.74, 6) is 0.683. The van der Waals surface area contributed by atoms with Crippen molar-refractivity contribution in [1.29, 1.82) is 0 Å². The van der Waals surface area contributed by atoms with Crippen molar-refractivity contribution >= 4 is 17.3 Å². The lowest BCUT2D eigenvalue weighted by atomic mass is 10.2. The van der Waals surface area contributed by atoms with E-state index in [9.17, 15) is 4.39 Å². The van der Waals surface area contributed by atoms with Crippen molar-refractivity contribution in [3.05, 3.63) is 66.0 Å². The smallest absolute Gasteiger partial charge is 0.166 e. The standard InChI is InChI=1S/C17H15FN4/c1-11-5-4-6-12(9-11)20-16-10-15(19)21-17(22-16)13-7-2-3-8-14(13)18/h2-10H,1H3,(H3,19,20,21,22). The maximum atomic E-state index is 13.9. The van der Waals surface area contributed by atoms with Gasteiger partial charge in [-0.3, -0.25) is 0 Å². The molecule has 2 aromatic carbocycles. The largest absolute Gasteiger partial charge is 0.384 e. The monoisotopic (exact) mass is 294 g/mol. The summed E-state index contributed by atoms with van der Waals surface area (Å²) in [5, 5.41) is 3.16. The minimum Gasteiger partial charge on any atom is -0.384 e. The van der Waals surface area contributed by atoms with Crippen molar-refractivity contribution in [1.82, 2.24) is 9.97 Å². The Bertz CT molecular complexity index is 817. The molecule has 0 bridgehead atoms. The van der Waals surface area contributed by atoms with E-state index in [4.69, 9.17) is 5.73 Å². The summed E-state index contributed by atoms with van der Waals surface area (Å²) in [7, 11) is 0. The molecule has 3 N–H and O–H groups in total. The predicted molar refractivity (Wildman–Crippen MR) is 86.3 cm³/mol. The van der Waals surface area contributed by atoms with E-state index in [1.807, 2.05) is 31.2 Å². The number of anilines is 3. The molecule has 0 saturated carbocycles. The number of hydrogen-bond acceptors (Lipinski definition) is 4. The van der Waals surface area contributed by atoms with Gasteiger partial charge in [0.2, 0.25) is 0 Å². The molecule has 0 aliphatic rings. The molecular formula is C17H15FN4. The van der Waals surface area contributed by atoms with Gasteiger partial charge in [0.05, 0.1) is 5.56 Å². The Morgan fingerprint density at radius 1 is 1.00 bits per heavy atom. The molecule has 4 nitrogen and oxygen atoms in total. The molecule has 110 valence electrons. The van der Waals surface area contributed by atoms with Gasteiger partial charge in [-0.1, -0.05) is 24.3 Å². The fraction of sp³-hybridized carbons (Fsp3) is 0.0588. The first-order chi connectivity index (χ1) is 10.6. The van der Waals surface area contributed by atoms with E-state index in [1.54, 1.807) is 24.3 Å². The number of nitrogens with zero attached hydrogens (tertiary/aromatic N) is 2. The Morgan fingerprint density at radius 3 is 2.59 bits per heavy atom. The summed E-state index contributed by atoms with van der Waals surface area (Å²) in [6, 6.07) is 15.8. The number of nitrogen functional groups attached to an aromatic ring is 1. The maximum absolute atomic E-state index is 13.9. The number of nitrogens with two attached hydrogens (primary N) is 1. The van der Waals surface area contributed by atoms with E-state index < -0.39 is 0 Å². The average Bonchev–Trinajstić information content (AvgIpc) is 2.47. The first kappa shape index (κ1) is 14.0. The van der Waals surface area contributed by atoms with Crippen LogP contribution in [0.15, 0.2) is 54.6 Å². The van der Waals surface area contributed by atoms with Gasteiger partial charge >= 0.3 is 0 Å². The molecule has 0 radical (unpaired) electrons. The molecule has 5 heteroatoms. The number of benzene rings is 2. The molecule has 0 saturated heterocycles. The van der Waals surface area contributed by atoms with Crippen LogP contribution in [0.5, 0.6) is 0 Å². The highest BCUT2D eigenvalue weighted by atomic mass is 19.1. The molecule has 1 heterocycles. The van der Waals surface area contributed by atoms with Gasteiger partial charge in [0, 0.05) is 11.8 Å². The lowest BCUT2D eigenvalue weighted by Crippen LogP contribution is -2.02. The van der Waals surface area contributed by atoms with E-state index in [0.717, 1.165) is 11.3 Å². The lowest BCUT2D eigenvalue weighted by Gasteiger charge is -2.09. The number of aryl methyl sites for hydroxylation is 1. The molecule has 0 aliphatic heterocycles. The van der Waals surface area contributed by atoms with E-state index >= 15 is 0 Å². The number of halogens is 1. The van der Waals surface area contributed by atoms with Crippen LogP contribution in [0.3, 0.4) is 0 Å². The Labute approximate surface area is 127 Å². The summed E-state index contributed by atoms with van der Waals surface area (Å²) in [4.78, 5) is 8.46. The number of aromatic nitrogens is 2. The molecule has 0 amide bonds. The molecule has 0 fully saturated rings. The van der Waals surface area contributed by atoms with Gasteiger partial charge < -0.3 is 11.1 Å². The van der Waals surface area contributed by atoms with Crippen LogP contribution in [0.25, 0.3) is 11.4 Å². The van der Waals surface area contributed by atoms with Crippen LogP contribution in [0, 0.1) is 12.7 Å². The first-order valence-corrected chi connectivity index (χ1v) is 6.85. The van der Waals surface area contributed by atoms with Gasteiger partial charge in [-0.25, -0.2) is 14.4 Å². The van der Waals surface area contributed by atoms with Crippen LogP contribution >= 0.6 is 0 Å². The highest BCUT2D eigenvalue weighted by molar-refractivity contribution is 5.64. The van der Waals surface area contributed by atoms with E-state index in [1.165, 1.54) is 6.07 Å². The third-order valence-corrected chi connectivity index (χ3v) is 3.15. The zero-order valence-corrected chi connectivity index (χ0v) is 12.0. The summed E-state index contributed by atoms with van der Waals surface area (Å²) < 4.78 is 13.9. The third-order valence-electron chi connectivity index (χ3n) is 3.15. The highest BCUT2D eigenvalue weighted by Crippen LogP contribution is 2.23. The second-order valence-corrected chi connectivity index (χ2v) is 4.98. The molecule has 3 rings (SSSR count). The molecule has 22 heavy (non-hydrogen) atoms. The zero-order chi connectivity index (χ0) is 15.5. The van der Waals surface area contributed by atoms with Crippen molar-refractivity contribution < 1.29 is 4.39 Å². The second kappa shape index (κ2) is 5.81. The van der Waals surface area contributed by atoms with Crippen LogP contribution < -0.4 is 11.1 Å². The van der Waals surface area contributed by atoms with Crippen LogP contribution in [0.4, 0.5) is 21.7 Å². The summed E-state index contributed by atoms with van der Waals surface area (Å²) in [6.07, 6.45) is 0. The van der Waals surface area contributed by atoms with Crippen LogP contribution in [0.2, 0.25) is 0 Å². The minimum absolute atomic E-state index is 0.258. The van der Waals surface area contributed by atoms with Gasteiger partial charge in [0.15, 0.2) is 5.82 Å². The number of nitrogens with one attached hydrogen (secondary N) is 1.